The maximum absolute atomic E-state index is 5.83. The Hall–Kier alpha value is 1.38. The number of hydrogen-bond acceptors (Lipinski definition) is 2. The molecular formula is C8H16I2N2. The summed E-state index contributed by atoms with van der Waals surface area (Å²) in [5.74, 6) is 0. The first-order valence-corrected chi connectivity index (χ1v) is 6.52. The summed E-state index contributed by atoms with van der Waals surface area (Å²) in [6.45, 7) is 1.46. The molecule has 0 radical (unpaired) electrons. The van der Waals surface area contributed by atoms with Gasteiger partial charge in [-0.2, -0.15) is 0 Å². The Balaban J connectivity index is 2.81. The lowest BCUT2D eigenvalue weighted by molar-refractivity contribution is 0.219. The zero-order valence-electron chi connectivity index (χ0n) is 7.15. The molecule has 1 saturated carbocycles. The third kappa shape index (κ3) is 1.90. The Morgan fingerprint density at radius 1 is 1.00 bits per heavy atom. The van der Waals surface area contributed by atoms with E-state index in [0.717, 1.165) is 13.1 Å². The predicted molar refractivity (Wildman–Crippen MR) is 69.8 cm³/mol. The second-order valence-electron chi connectivity index (χ2n) is 3.60. The van der Waals surface area contributed by atoms with Crippen LogP contribution >= 0.6 is 45.2 Å². The molecule has 0 heterocycles. The van der Waals surface area contributed by atoms with E-state index in [9.17, 15) is 0 Å². The number of alkyl halides is 2. The monoisotopic (exact) mass is 394 g/mol. The lowest BCUT2D eigenvalue weighted by Crippen LogP contribution is -2.51. The SMILES string of the molecule is NCC1(CN)CCCCC1(I)I. The maximum atomic E-state index is 5.83. The molecule has 2 nitrogen and oxygen atoms in total. The van der Waals surface area contributed by atoms with Gasteiger partial charge < -0.3 is 11.5 Å². The van der Waals surface area contributed by atoms with Crippen LogP contribution in [0.1, 0.15) is 25.7 Å². The van der Waals surface area contributed by atoms with Crippen LogP contribution in [0.3, 0.4) is 0 Å². The van der Waals surface area contributed by atoms with Gasteiger partial charge in [-0.05, 0) is 12.8 Å². The van der Waals surface area contributed by atoms with Crippen molar-refractivity contribution >= 4 is 45.2 Å². The van der Waals surface area contributed by atoms with E-state index in [1.165, 1.54) is 25.7 Å². The fourth-order valence-electron chi connectivity index (χ4n) is 1.84. The first-order valence-electron chi connectivity index (χ1n) is 4.36. The van der Waals surface area contributed by atoms with Gasteiger partial charge in [-0.3, -0.25) is 0 Å². The Morgan fingerprint density at radius 2 is 1.50 bits per heavy atom. The van der Waals surface area contributed by atoms with Gasteiger partial charge in [-0.25, -0.2) is 0 Å². The Kier molecular flexibility index (Phi) is 4.07. The molecule has 0 aromatic carbocycles. The highest BCUT2D eigenvalue weighted by molar-refractivity contribution is 14.2. The van der Waals surface area contributed by atoms with E-state index in [0.29, 0.717) is 0 Å². The normalized spacial score (nSPS) is 27.0. The van der Waals surface area contributed by atoms with E-state index in [4.69, 9.17) is 11.5 Å². The molecule has 1 aliphatic carbocycles. The summed E-state index contributed by atoms with van der Waals surface area (Å²) in [6.07, 6.45) is 5.07. The number of nitrogens with two attached hydrogens (primary N) is 2. The van der Waals surface area contributed by atoms with Crippen LogP contribution in [0.2, 0.25) is 0 Å². The topological polar surface area (TPSA) is 52.0 Å². The second-order valence-corrected chi connectivity index (χ2v) is 9.35. The van der Waals surface area contributed by atoms with E-state index in [2.05, 4.69) is 45.2 Å². The van der Waals surface area contributed by atoms with Crippen molar-refractivity contribution in [3.63, 3.8) is 0 Å². The van der Waals surface area contributed by atoms with Crippen LogP contribution < -0.4 is 11.5 Å². The fraction of sp³-hybridized carbons (Fsp3) is 1.00. The molecule has 4 N–H and O–H groups in total. The van der Waals surface area contributed by atoms with Crippen LogP contribution in [-0.4, -0.2) is 14.5 Å². The minimum absolute atomic E-state index is 0.187. The summed E-state index contributed by atoms with van der Waals surface area (Å²) in [4.78, 5) is 0. The average molecular weight is 394 g/mol. The molecule has 0 saturated heterocycles. The molecule has 72 valence electrons. The molecule has 1 aliphatic rings. The minimum Gasteiger partial charge on any atom is -0.330 e. The number of hydrogen-bond donors (Lipinski definition) is 2. The zero-order valence-corrected chi connectivity index (χ0v) is 11.5. The highest BCUT2D eigenvalue weighted by atomic mass is 127. The first-order chi connectivity index (χ1) is 5.58. The molecule has 1 rings (SSSR count). The van der Waals surface area contributed by atoms with Crippen molar-refractivity contribution < 1.29 is 0 Å². The van der Waals surface area contributed by atoms with Gasteiger partial charge in [0.25, 0.3) is 0 Å². The van der Waals surface area contributed by atoms with Crippen LogP contribution in [0.25, 0.3) is 0 Å². The summed E-state index contributed by atoms with van der Waals surface area (Å²) in [5, 5.41) is 0. The summed E-state index contributed by atoms with van der Waals surface area (Å²) in [6, 6.07) is 0. The van der Waals surface area contributed by atoms with Crippen LogP contribution in [-0.2, 0) is 0 Å². The Labute approximate surface area is 101 Å². The second kappa shape index (κ2) is 4.27. The molecule has 0 aromatic heterocycles. The van der Waals surface area contributed by atoms with Crippen molar-refractivity contribution in [3.05, 3.63) is 0 Å². The number of rotatable bonds is 2. The summed E-state index contributed by atoms with van der Waals surface area (Å²) >= 11 is 5.06. The Morgan fingerprint density at radius 3 is 1.83 bits per heavy atom. The van der Waals surface area contributed by atoms with Crippen molar-refractivity contribution in [1.29, 1.82) is 0 Å². The summed E-state index contributed by atoms with van der Waals surface area (Å²) < 4.78 is 0.282. The lowest BCUT2D eigenvalue weighted by atomic mass is 9.74. The van der Waals surface area contributed by atoms with Gasteiger partial charge in [-0.15, -0.1) is 0 Å². The fourth-order valence-corrected chi connectivity index (χ4v) is 4.03. The Bertz CT molecular complexity index is 155. The molecule has 1 fully saturated rings. The van der Waals surface area contributed by atoms with E-state index in [-0.39, 0.29) is 6.84 Å². The van der Waals surface area contributed by atoms with E-state index in [1.54, 1.807) is 0 Å². The number of halogens is 2. The molecular weight excluding hydrogens is 378 g/mol. The van der Waals surface area contributed by atoms with Crippen molar-refractivity contribution in [1.82, 2.24) is 0 Å². The standard InChI is InChI=1S/C8H16I2N2/c9-8(10)4-2-1-3-7(8,5-11)6-12/h1-6,11-12H2. The van der Waals surface area contributed by atoms with Crippen LogP contribution in [0, 0.1) is 5.41 Å². The highest BCUT2D eigenvalue weighted by Crippen LogP contribution is 2.53. The van der Waals surface area contributed by atoms with Crippen LogP contribution in [0.5, 0.6) is 0 Å². The van der Waals surface area contributed by atoms with Gasteiger partial charge in [0.05, 0.1) is 1.43 Å². The van der Waals surface area contributed by atoms with Gasteiger partial charge in [0.2, 0.25) is 0 Å². The molecule has 0 amide bonds. The van der Waals surface area contributed by atoms with Crippen molar-refractivity contribution in [3.8, 4) is 0 Å². The largest absolute Gasteiger partial charge is 0.330 e. The summed E-state index contributed by atoms with van der Waals surface area (Å²) in [7, 11) is 0. The lowest BCUT2D eigenvalue weighted by Gasteiger charge is -2.46. The van der Waals surface area contributed by atoms with Crippen molar-refractivity contribution in [2.75, 3.05) is 13.1 Å². The zero-order chi connectivity index (χ0) is 9.24. The van der Waals surface area contributed by atoms with E-state index < -0.39 is 0 Å². The summed E-state index contributed by atoms with van der Waals surface area (Å²) in [5.41, 5.74) is 11.9. The molecule has 0 spiro atoms. The first kappa shape index (κ1) is 11.5. The molecule has 0 unspecified atom stereocenters. The van der Waals surface area contributed by atoms with Crippen LogP contribution in [0.4, 0.5) is 0 Å². The van der Waals surface area contributed by atoms with Gasteiger partial charge in [-0.1, -0.05) is 58.0 Å². The molecule has 0 aromatic rings. The van der Waals surface area contributed by atoms with E-state index in [1.807, 2.05) is 0 Å². The quantitative estimate of drug-likeness (QED) is 0.557. The smallest absolute Gasteiger partial charge is 0.0814 e. The van der Waals surface area contributed by atoms with Crippen LogP contribution in [0.15, 0.2) is 0 Å². The molecule has 0 atom stereocenters. The minimum atomic E-state index is 0.187. The molecule has 4 heteroatoms. The van der Waals surface area contributed by atoms with Gasteiger partial charge in [0.15, 0.2) is 0 Å². The third-order valence-electron chi connectivity index (χ3n) is 2.95. The molecule has 0 aliphatic heterocycles. The van der Waals surface area contributed by atoms with Gasteiger partial charge in [0, 0.05) is 18.5 Å². The third-order valence-corrected chi connectivity index (χ3v) is 6.32. The average Bonchev–Trinajstić information content (AvgIpc) is 2.05. The highest BCUT2D eigenvalue weighted by Gasteiger charge is 2.47. The molecule has 12 heavy (non-hydrogen) atoms. The molecule has 0 bridgehead atoms. The van der Waals surface area contributed by atoms with Crippen molar-refractivity contribution in [2.45, 2.75) is 27.1 Å². The maximum Gasteiger partial charge on any atom is 0.0814 e. The predicted octanol–water partition coefficient (Wildman–Crippen LogP) is 2.03. The van der Waals surface area contributed by atoms with Gasteiger partial charge in [0.1, 0.15) is 0 Å². The van der Waals surface area contributed by atoms with Crippen molar-refractivity contribution in [2.24, 2.45) is 16.9 Å². The van der Waals surface area contributed by atoms with E-state index >= 15 is 0 Å². The van der Waals surface area contributed by atoms with Gasteiger partial charge >= 0.3 is 0 Å².